The molecule has 230 valence electrons. The van der Waals surface area contributed by atoms with Crippen LogP contribution in [0.1, 0.15) is 174 Å². The highest BCUT2D eigenvalue weighted by Crippen LogP contribution is 2.49. The lowest BCUT2D eigenvalue weighted by molar-refractivity contribution is 0.325. The Balaban J connectivity index is 1.43. The zero-order valence-electron chi connectivity index (χ0n) is 27.7. The fraction of sp³-hybridized carbons (Fsp3) is 0.581. The van der Waals surface area contributed by atoms with Crippen molar-refractivity contribution in [2.45, 2.75) is 141 Å². The molecule has 0 N–H and O–H groups in total. The summed E-state index contributed by atoms with van der Waals surface area (Å²) in [5, 5.41) is 0. The van der Waals surface area contributed by atoms with E-state index in [0.29, 0.717) is 23.7 Å². The van der Waals surface area contributed by atoms with Crippen molar-refractivity contribution in [2.75, 3.05) is 0 Å². The van der Waals surface area contributed by atoms with Gasteiger partial charge in [-0.2, -0.15) is 0 Å². The van der Waals surface area contributed by atoms with Crippen molar-refractivity contribution in [3.8, 4) is 0 Å². The van der Waals surface area contributed by atoms with Crippen molar-refractivity contribution in [1.29, 1.82) is 0 Å². The van der Waals surface area contributed by atoms with Crippen molar-refractivity contribution in [3.05, 3.63) is 106 Å². The molecule has 6 rings (SSSR count). The van der Waals surface area contributed by atoms with Crippen LogP contribution in [-0.4, -0.2) is 0 Å². The van der Waals surface area contributed by atoms with Crippen LogP contribution in [0.3, 0.4) is 0 Å². The van der Waals surface area contributed by atoms with Crippen LogP contribution in [0.4, 0.5) is 0 Å². The molecule has 0 aliphatic heterocycles. The van der Waals surface area contributed by atoms with E-state index < -0.39 is 0 Å². The number of hydrogen-bond acceptors (Lipinski definition) is 0. The molecule has 3 aromatic carbocycles. The normalized spacial score (nSPS) is 29.6. The van der Waals surface area contributed by atoms with Gasteiger partial charge in [0.15, 0.2) is 0 Å². The zero-order chi connectivity index (χ0) is 29.8. The Morgan fingerprint density at radius 3 is 1.19 bits per heavy atom. The Hall–Kier alpha value is -2.34. The molecule has 0 spiro atoms. The minimum atomic E-state index is 0.433. The summed E-state index contributed by atoms with van der Waals surface area (Å²) in [4.78, 5) is 0. The van der Waals surface area contributed by atoms with Crippen molar-refractivity contribution in [3.63, 3.8) is 0 Å². The van der Waals surface area contributed by atoms with Gasteiger partial charge in [0, 0.05) is 5.92 Å². The van der Waals surface area contributed by atoms with Gasteiger partial charge in [0.25, 0.3) is 0 Å². The molecule has 0 saturated heterocycles. The second-order valence-corrected chi connectivity index (χ2v) is 15.2. The summed E-state index contributed by atoms with van der Waals surface area (Å²) in [5.74, 6) is 5.39. The van der Waals surface area contributed by atoms with Crippen LogP contribution in [0.25, 0.3) is 0 Å². The maximum atomic E-state index is 2.55. The third-order valence-corrected chi connectivity index (χ3v) is 12.4. The van der Waals surface area contributed by atoms with Crippen molar-refractivity contribution in [2.24, 2.45) is 17.8 Å². The smallest absolute Gasteiger partial charge is 0.0101 e. The van der Waals surface area contributed by atoms with Gasteiger partial charge in [0.05, 0.1) is 0 Å². The lowest BCUT2D eigenvalue weighted by atomic mass is 9.68. The van der Waals surface area contributed by atoms with Crippen LogP contribution in [0.5, 0.6) is 0 Å². The van der Waals surface area contributed by atoms with E-state index >= 15 is 0 Å². The largest absolute Gasteiger partial charge is 0.0620 e. The molecular formula is C43H58. The maximum Gasteiger partial charge on any atom is 0.0101 e. The summed E-state index contributed by atoms with van der Waals surface area (Å²) in [5.41, 5.74) is 9.86. The molecule has 3 aromatic rings. The van der Waals surface area contributed by atoms with E-state index in [1.807, 2.05) is 0 Å². The van der Waals surface area contributed by atoms with Crippen LogP contribution in [0.2, 0.25) is 0 Å². The van der Waals surface area contributed by atoms with E-state index in [1.165, 1.54) is 83.5 Å². The van der Waals surface area contributed by atoms with Crippen molar-refractivity contribution in [1.82, 2.24) is 0 Å². The molecular weight excluding hydrogens is 516 g/mol. The number of benzene rings is 3. The third-order valence-electron chi connectivity index (χ3n) is 12.4. The van der Waals surface area contributed by atoms with Gasteiger partial charge in [-0.1, -0.05) is 158 Å². The minimum Gasteiger partial charge on any atom is -0.0620 e. The van der Waals surface area contributed by atoms with Gasteiger partial charge in [-0.15, -0.1) is 0 Å². The summed E-state index contributed by atoms with van der Waals surface area (Å²) in [6.07, 6.45) is 17.8. The molecule has 3 aliphatic rings. The summed E-state index contributed by atoms with van der Waals surface area (Å²) in [7, 11) is 0. The van der Waals surface area contributed by atoms with Gasteiger partial charge in [-0.25, -0.2) is 0 Å². The van der Waals surface area contributed by atoms with Gasteiger partial charge >= 0.3 is 0 Å². The van der Waals surface area contributed by atoms with E-state index in [4.69, 9.17) is 0 Å². The molecule has 3 aliphatic carbocycles. The Morgan fingerprint density at radius 2 is 0.791 bits per heavy atom. The molecule has 0 heterocycles. The number of hydrogen-bond donors (Lipinski definition) is 0. The highest BCUT2D eigenvalue weighted by atomic mass is 14.4. The molecule has 43 heavy (non-hydrogen) atoms. The highest BCUT2D eigenvalue weighted by Gasteiger charge is 2.33. The molecule has 0 amide bonds. The van der Waals surface area contributed by atoms with E-state index in [2.05, 4.69) is 100 Å². The number of rotatable bonds is 8. The van der Waals surface area contributed by atoms with Gasteiger partial charge in [0.1, 0.15) is 0 Å². The Labute approximate surface area is 264 Å². The Bertz CT molecular complexity index is 1250. The van der Waals surface area contributed by atoms with Gasteiger partial charge in [0.2, 0.25) is 0 Å². The third kappa shape index (κ3) is 6.70. The quantitative estimate of drug-likeness (QED) is 0.251. The molecule has 0 bridgehead atoms. The average molecular weight is 575 g/mol. The Kier molecular flexibility index (Phi) is 10.1. The first-order chi connectivity index (χ1) is 21.0. The highest BCUT2D eigenvalue weighted by molar-refractivity contribution is 5.46. The molecule has 3 fully saturated rings. The summed E-state index contributed by atoms with van der Waals surface area (Å²) >= 11 is 0. The molecule has 7 atom stereocenters. The maximum absolute atomic E-state index is 2.55. The lowest BCUT2D eigenvalue weighted by Crippen LogP contribution is -2.21. The second kappa shape index (κ2) is 14.2. The van der Waals surface area contributed by atoms with Crippen LogP contribution in [0, 0.1) is 17.8 Å². The first-order valence-corrected chi connectivity index (χ1v) is 18.3. The molecule has 7 unspecified atom stereocenters. The van der Waals surface area contributed by atoms with Crippen LogP contribution in [0.15, 0.2) is 72.8 Å². The fourth-order valence-electron chi connectivity index (χ4n) is 9.87. The summed E-state index contributed by atoms with van der Waals surface area (Å²) < 4.78 is 0. The summed E-state index contributed by atoms with van der Waals surface area (Å²) in [6.45, 7) is 10.1. The summed E-state index contributed by atoms with van der Waals surface area (Å²) in [6, 6.07) is 29.0. The van der Waals surface area contributed by atoms with E-state index in [9.17, 15) is 0 Å². The predicted molar refractivity (Wildman–Crippen MR) is 185 cm³/mol. The van der Waals surface area contributed by atoms with Crippen molar-refractivity contribution >= 4 is 0 Å². The first kappa shape index (κ1) is 30.7. The minimum absolute atomic E-state index is 0.433. The lowest BCUT2D eigenvalue weighted by Gasteiger charge is -2.36. The van der Waals surface area contributed by atoms with Crippen LogP contribution >= 0.6 is 0 Å². The van der Waals surface area contributed by atoms with Gasteiger partial charge in [-0.3, -0.25) is 0 Å². The average Bonchev–Trinajstić information content (AvgIpc) is 3.04. The van der Waals surface area contributed by atoms with Crippen LogP contribution in [-0.2, 0) is 0 Å². The topological polar surface area (TPSA) is 0 Å². The Morgan fingerprint density at radius 1 is 0.465 bits per heavy atom. The molecule has 0 radical (unpaired) electrons. The van der Waals surface area contributed by atoms with E-state index in [1.54, 1.807) is 33.4 Å². The molecule has 0 nitrogen and oxygen atoms in total. The predicted octanol–water partition coefficient (Wildman–Crippen LogP) is 12.9. The molecule has 0 heteroatoms. The second-order valence-electron chi connectivity index (χ2n) is 15.2. The van der Waals surface area contributed by atoms with Gasteiger partial charge in [-0.05, 0) is 100 Å². The molecule has 3 saturated carbocycles. The van der Waals surface area contributed by atoms with E-state index in [0.717, 1.165) is 23.7 Å². The first-order valence-electron chi connectivity index (χ1n) is 18.3. The SMILES string of the molecule is CC(CC(c1ccccc1C1CCCCC1C)c1ccccc1C1CCCCC1C)c1ccccc1C1CCCCC1C. The monoisotopic (exact) mass is 574 g/mol. The van der Waals surface area contributed by atoms with Crippen molar-refractivity contribution < 1.29 is 0 Å². The fourth-order valence-corrected chi connectivity index (χ4v) is 9.87. The standard InChI is InChI=1S/C43H58/c1-30-17-5-8-20-34(30)38-24-12-11-23-37(38)33(4)29-43(41-27-15-13-25-39(41)35-21-9-6-18-31(35)2)42-28-16-14-26-40(42)36-22-10-7-19-32(36)3/h11-16,23-28,30-36,43H,5-10,17-22,29H2,1-4H3. The molecule has 0 aromatic heterocycles. The van der Waals surface area contributed by atoms with Gasteiger partial charge < -0.3 is 0 Å². The van der Waals surface area contributed by atoms with E-state index in [-0.39, 0.29) is 0 Å². The van der Waals surface area contributed by atoms with Crippen LogP contribution < -0.4 is 0 Å². The zero-order valence-corrected chi connectivity index (χ0v) is 27.7.